The normalized spacial score (nSPS) is 12.2. The van der Waals surface area contributed by atoms with Crippen LogP contribution < -0.4 is 10.6 Å². The van der Waals surface area contributed by atoms with Crippen molar-refractivity contribution in [3.8, 4) is 0 Å². The average molecular weight is 560 g/mol. The van der Waals surface area contributed by atoms with Crippen molar-refractivity contribution in [1.29, 1.82) is 0 Å². The van der Waals surface area contributed by atoms with E-state index in [0.29, 0.717) is 38.0 Å². The summed E-state index contributed by atoms with van der Waals surface area (Å²) in [5.41, 5.74) is 2.59. The van der Waals surface area contributed by atoms with Crippen molar-refractivity contribution < 1.29 is 24.0 Å². The van der Waals surface area contributed by atoms with Crippen LogP contribution in [0.1, 0.15) is 42.9 Å². The number of hydrogen-bond acceptors (Lipinski definition) is 6. The van der Waals surface area contributed by atoms with Crippen LogP contribution in [0.15, 0.2) is 84.9 Å². The van der Waals surface area contributed by atoms with E-state index in [2.05, 4.69) is 10.6 Å². The van der Waals surface area contributed by atoms with Crippen LogP contribution in [0.4, 0.5) is 5.69 Å². The summed E-state index contributed by atoms with van der Waals surface area (Å²) in [6.45, 7) is 2.47. The largest absolute Gasteiger partial charge is 0.366 e. The molecule has 3 rings (SSSR count). The van der Waals surface area contributed by atoms with Gasteiger partial charge >= 0.3 is 0 Å². The van der Waals surface area contributed by atoms with Crippen molar-refractivity contribution in [1.82, 2.24) is 10.6 Å². The minimum absolute atomic E-state index is 0.0218. The fourth-order valence-corrected chi connectivity index (χ4v) is 4.33. The first-order chi connectivity index (χ1) is 19.8. The van der Waals surface area contributed by atoms with Gasteiger partial charge in [-0.05, 0) is 41.9 Å². The zero-order valence-corrected chi connectivity index (χ0v) is 23.3. The Bertz CT molecular complexity index is 1240. The highest BCUT2D eigenvalue weighted by Crippen LogP contribution is 2.14. The van der Waals surface area contributed by atoms with Crippen molar-refractivity contribution in [2.45, 2.75) is 51.7 Å². The number of nitro benzene ring substituents is 1. The fourth-order valence-electron chi connectivity index (χ4n) is 4.33. The minimum atomic E-state index is -0.644. The van der Waals surface area contributed by atoms with Gasteiger partial charge in [0.05, 0.1) is 24.5 Å². The molecule has 0 aromatic heterocycles. The molecule has 0 bridgehead atoms. The number of non-ortho nitro benzene ring substituents is 1. The summed E-state index contributed by atoms with van der Waals surface area (Å²) in [4.78, 5) is 48.1. The van der Waals surface area contributed by atoms with Gasteiger partial charge in [0.2, 0.25) is 11.8 Å². The summed E-state index contributed by atoms with van der Waals surface area (Å²) in [6, 6.07) is 25.5. The lowest BCUT2D eigenvalue weighted by molar-refractivity contribution is -0.384. The molecule has 0 heterocycles. The van der Waals surface area contributed by atoms with Crippen LogP contribution in [0.5, 0.6) is 0 Å². The molecular formula is C32H37N3O6. The van der Waals surface area contributed by atoms with Crippen LogP contribution in [-0.4, -0.2) is 41.7 Å². The number of aryl methyl sites for hydroxylation is 1. The van der Waals surface area contributed by atoms with Gasteiger partial charge in [-0.15, -0.1) is 0 Å². The number of ether oxygens (including phenoxy) is 1. The molecule has 0 aliphatic rings. The van der Waals surface area contributed by atoms with E-state index in [4.69, 9.17) is 4.74 Å². The Balaban J connectivity index is 1.39. The Morgan fingerprint density at radius 2 is 1.49 bits per heavy atom. The van der Waals surface area contributed by atoms with Crippen LogP contribution in [0.3, 0.4) is 0 Å². The monoisotopic (exact) mass is 559 g/mol. The number of nitrogens with one attached hydrogen (secondary N) is 2. The van der Waals surface area contributed by atoms with E-state index in [0.717, 1.165) is 11.1 Å². The predicted molar refractivity (Wildman–Crippen MR) is 156 cm³/mol. The highest BCUT2D eigenvalue weighted by molar-refractivity contribution is 5.89. The Hall–Kier alpha value is -4.37. The number of rotatable bonds is 17. The van der Waals surface area contributed by atoms with E-state index < -0.39 is 11.0 Å². The molecule has 0 radical (unpaired) electrons. The van der Waals surface area contributed by atoms with Crippen LogP contribution in [-0.2, 0) is 38.6 Å². The summed E-state index contributed by atoms with van der Waals surface area (Å²) in [6.07, 6.45) is 1.38. The van der Waals surface area contributed by atoms with Gasteiger partial charge in [-0.1, -0.05) is 79.7 Å². The number of hydrogen-bond donors (Lipinski definition) is 2. The third-order valence-electron chi connectivity index (χ3n) is 6.63. The third-order valence-corrected chi connectivity index (χ3v) is 6.63. The van der Waals surface area contributed by atoms with Crippen LogP contribution in [0, 0.1) is 16.0 Å². The smallest absolute Gasteiger partial charge is 0.269 e. The summed E-state index contributed by atoms with van der Waals surface area (Å²) in [5.74, 6) is -0.680. The summed E-state index contributed by atoms with van der Waals surface area (Å²) in [7, 11) is 0. The fraction of sp³-hybridized carbons (Fsp3) is 0.344. The molecule has 3 aromatic carbocycles. The zero-order chi connectivity index (χ0) is 29.5. The molecule has 3 aromatic rings. The maximum absolute atomic E-state index is 13.0. The first kappa shape index (κ1) is 31.2. The van der Waals surface area contributed by atoms with Gasteiger partial charge in [-0.3, -0.25) is 24.5 Å². The van der Waals surface area contributed by atoms with Gasteiger partial charge < -0.3 is 15.4 Å². The molecule has 41 heavy (non-hydrogen) atoms. The molecule has 0 aliphatic heterocycles. The lowest BCUT2D eigenvalue weighted by Crippen LogP contribution is -2.37. The molecular weight excluding hydrogens is 522 g/mol. The second-order valence-electron chi connectivity index (χ2n) is 10.1. The molecule has 2 atom stereocenters. The van der Waals surface area contributed by atoms with Gasteiger partial charge in [0, 0.05) is 25.1 Å². The lowest BCUT2D eigenvalue weighted by Gasteiger charge is -2.18. The van der Waals surface area contributed by atoms with E-state index in [-0.39, 0.29) is 48.6 Å². The summed E-state index contributed by atoms with van der Waals surface area (Å²) in [5, 5.41) is 16.4. The SMILES string of the molecule is CC(CCNC(=O)Cc1cccc([N+](=O)[O-])c1)CC(=O)NCC(=O)C(CCc1ccccc1)OCc1ccccc1. The maximum Gasteiger partial charge on any atom is 0.269 e. The van der Waals surface area contributed by atoms with Crippen molar-refractivity contribution in [3.05, 3.63) is 112 Å². The number of ketones is 1. The zero-order valence-electron chi connectivity index (χ0n) is 23.3. The number of carbonyl (C=O) groups excluding carboxylic acids is 3. The Morgan fingerprint density at radius 3 is 2.17 bits per heavy atom. The topological polar surface area (TPSA) is 128 Å². The van der Waals surface area contributed by atoms with Crippen molar-refractivity contribution in [2.24, 2.45) is 5.92 Å². The molecule has 216 valence electrons. The highest BCUT2D eigenvalue weighted by Gasteiger charge is 2.20. The quantitative estimate of drug-likeness (QED) is 0.184. The predicted octanol–water partition coefficient (Wildman–Crippen LogP) is 4.57. The van der Waals surface area contributed by atoms with Gasteiger partial charge in [0.1, 0.15) is 6.10 Å². The van der Waals surface area contributed by atoms with Crippen molar-refractivity contribution in [2.75, 3.05) is 13.1 Å². The van der Waals surface area contributed by atoms with E-state index in [1.165, 1.54) is 12.1 Å². The molecule has 0 aliphatic carbocycles. The van der Waals surface area contributed by atoms with Gasteiger partial charge in [0.15, 0.2) is 5.78 Å². The van der Waals surface area contributed by atoms with Crippen LogP contribution in [0.25, 0.3) is 0 Å². The van der Waals surface area contributed by atoms with Gasteiger partial charge in [-0.2, -0.15) is 0 Å². The molecule has 2 unspecified atom stereocenters. The molecule has 2 N–H and O–H groups in total. The van der Waals surface area contributed by atoms with E-state index in [9.17, 15) is 24.5 Å². The van der Waals surface area contributed by atoms with E-state index >= 15 is 0 Å². The lowest BCUT2D eigenvalue weighted by atomic mass is 10.0. The molecule has 9 nitrogen and oxygen atoms in total. The minimum Gasteiger partial charge on any atom is -0.366 e. The van der Waals surface area contributed by atoms with Crippen LogP contribution >= 0.6 is 0 Å². The second kappa shape index (κ2) is 16.7. The molecule has 0 fully saturated rings. The van der Waals surface area contributed by atoms with E-state index in [1.807, 2.05) is 67.6 Å². The highest BCUT2D eigenvalue weighted by atomic mass is 16.6. The second-order valence-corrected chi connectivity index (χ2v) is 10.1. The van der Waals surface area contributed by atoms with Crippen molar-refractivity contribution in [3.63, 3.8) is 0 Å². The van der Waals surface area contributed by atoms with E-state index in [1.54, 1.807) is 12.1 Å². The van der Waals surface area contributed by atoms with Crippen LogP contribution in [0.2, 0.25) is 0 Å². The Labute approximate surface area is 240 Å². The maximum atomic E-state index is 13.0. The third kappa shape index (κ3) is 11.7. The molecule has 9 heteroatoms. The first-order valence-corrected chi connectivity index (χ1v) is 13.8. The average Bonchev–Trinajstić information content (AvgIpc) is 2.97. The number of nitrogens with zero attached hydrogens (tertiary/aromatic N) is 1. The van der Waals surface area contributed by atoms with Crippen molar-refractivity contribution >= 4 is 23.3 Å². The molecule has 0 saturated heterocycles. The number of carbonyl (C=O) groups is 3. The van der Waals surface area contributed by atoms with Gasteiger partial charge in [-0.25, -0.2) is 0 Å². The number of amides is 2. The summed E-state index contributed by atoms with van der Waals surface area (Å²) >= 11 is 0. The van der Waals surface area contributed by atoms with Gasteiger partial charge in [0.25, 0.3) is 5.69 Å². The summed E-state index contributed by atoms with van der Waals surface area (Å²) < 4.78 is 5.99. The number of Topliss-reactive ketones (excluding diaryl/α,β-unsaturated/α-hetero) is 1. The number of nitro groups is 1. The number of benzene rings is 3. The standard InChI is InChI=1S/C32H37N3O6/c1-24(17-18-33-32(38)21-27-13-8-14-28(20-27)35(39)40)19-31(37)34-22-29(36)30(16-15-25-9-4-2-5-10-25)41-23-26-11-6-3-7-12-26/h2-14,20,24,30H,15-19,21-23H2,1H3,(H,33,38)(H,34,37). The molecule has 0 spiro atoms. The Morgan fingerprint density at radius 1 is 0.829 bits per heavy atom. The Kier molecular flexibility index (Phi) is 12.7. The molecule has 0 saturated carbocycles. The molecule has 2 amide bonds. The first-order valence-electron chi connectivity index (χ1n) is 13.8.